The minimum atomic E-state index is -0.964. The summed E-state index contributed by atoms with van der Waals surface area (Å²) in [7, 11) is 0. The number of hydrogen-bond donors (Lipinski definition) is 3. The molecule has 2 N–H and O–H groups in total. The summed E-state index contributed by atoms with van der Waals surface area (Å²) < 4.78 is 5.34. The van der Waals surface area contributed by atoms with Gasteiger partial charge in [-0.3, -0.25) is 9.59 Å². The number of carbonyl (C=O) groups excluding carboxylic acids is 3. The van der Waals surface area contributed by atoms with Crippen LogP contribution in [0, 0.1) is 20.8 Å². The van der Waals surface area contributed by atoms with Gasteiger partial charge < -0.3 is 20.3 Å². The van der Waals surface area contributed by atoms with Crippen molar-refractivity contribution < 1.29 is 19.1 Å². The van der Waals surface area contributed by atoms with Crippen molar-refractivity contribution in [1.29, 1.82) is 0 Å². The molecule has 0 aliphatic rings. The number of thiol groups is 1. The predicted octanol–water partition coefficient (Wildman–Crippen LogP) is 5.35. The van der Waals surface area contributed by atoms with Crippen LogP contribution in [0.2, 0.25) is 0 Å². The van der Waals surface area contributed by atoms with E-state index in [1.54, 1.807) is 20.8 Å². The summed E-state index contributed by atoms with van der Waals surface area (Å²) in [6.07, 6.45) is -0.0879. The third-order valence-electron chi connectivity index (χ3n) is 5.60. The van der Waals surface area contributed by atoms with E-state index in [9.17, 15) is 14.4 Å². The molecule has 2 rings (SSSR count). The number of para-hydroxylation sites is 1. The van der Waals surface area contributed by atoms with Gasteiger partial charge in [-0.1, -0.05) is 48.9 Å². The second-order valence-electron chi connectivity index (χ2n) is 9.98. The number of nitrogens with one attached hydrogen (secondary N) is 2. The number of benzene rings is 2. The van der Waals surface area contributed by atoms with Crippen LogP contribution >= 0.6 is 12.6 Å². The fraction of sp³-hybridized carbons (Fsp3) is 0.464. The molecule has 8 heteroatoms. The summed E-state index contributed by atoms with van der Waals surface area (Å²) in [4.78, 5) is 41.6. The summed E-state index contributed by atoms with van der Waals surface area (Å²) in [5, 5.41) is 5.64. The summed E-state index contributed by atoms with van der Waals surface area (Å²) >= 11 is 4.32. The molecule has 0 aliphatic carbocycles. The maximum atomic E-state index is 13.8. The van der Waals surface area contributed by atoms with E-state index in [2.05, 4.69) is 23.3 Å². The van der Waals surface area contributed by atoms with Crippen LogP contribution < -0.4 is 10.6 Å². The van der Waals surface area contributed by atoms with Crippen molar-refractivity contribution in [3.63, 3.8) is 0 Å². The topological polar surface area (TPSA) is 87.7 Å². The first-order valence-corrected chi connectivity index (χ1v) is 12.9. The number of amides is 3. The van der Waals surface area contributed by atoms with Gasteiger partial charge in [0.1, 0.15) is 17.7 Å². The minimum absolute atomic E-state index is 0.0529. The molecule has 36 heavy (non-hydrogen) atoms. The maximum absolute atomic E-state index is 13.8. The fourth-order valence-electron chi connectivity index (χ4n) is 3.94. The molecular formula is C28H39N3O4S. The van der Waals surface area contributed by atoms with Crippen molar-refractivity contribution in [1.82, 2.24) is 10.2 Å². The summed E-state index contributed by atoms with van der Waals surface area (Å²) in [5.74, 6) is -0.673. The molecule has 2 aromatic rings. The molecule has 0 saturated heterocycles. The number of rotatable bonds is 9. The van der Waals surface area contributed by atoms with Crippen molar-refractivity contribution in [2.45, 2.75) is 72.6 Å². The Labute approximate surface area is 220 Å². The van der Waals surface area contributed by atoms with Crippen molar-refractivity contribution >= 4 is 36.2 Å². The fourth-order valence-corrected chi connectivity index (χ4v) is 4.19. The third-order valence-corrected chi connectivity index (χ3v) is 5.97. The van der Waals surface area contributed by atoms with Crippen LogP contribution in [0.4, 0.5) is 10.5 Å². The smallest absolute Gasteiger partial charge is 0.408 e. The first-order valence-electron chi connectivity index (χ1n) is 12.2. The van der Waals surface area contributed by atoms with Crippen LogP contribution in [0.25, 0.3) is 0 Å². The molecule has 0 aromatic heterocycles. The molecule has 0 radical (unpaired) electrons. The lowest BCUT2D eigenvalue weighted by Gasteiger charge is -2.34. The van der Waals surface area contributed by atoms with Gasteiger partial charge in [0.25, 0.3) is 5.91 Å². The molecule has 3 amide bonds. The van der Waals surface area contributed by atoms with Gasteiger partial charge in [-0.2, -0.15) is 12.6 Å². The Bertz CT molecular complexity index is 1080. The maximum Gasteiger partial charge on any atom is 0.408 e. The average molecular weight is 514 g/mol. The number of nitrogens with zero attached hydrogens (tertiary/aromatic N) is 1. The number of ether oxygens (including phenoxy) is 1. The van der Waals surface area contributed by atoms with Gasteiger partial charge in [0.15, 0.2) is 0 Å². The molecule has 0 bridgehead atoms. The molecule has 0 spiro atoms. The largest absolute Gasteiger partial charge is 0.444 e. The molecule has 0 saturated carbocycles. The summed E-state index contributed by atoms with van der Waals surface area (Å²) in [6.45, 7) is 13.3. The molecular weight excluding hydrogens is 474 g/mol. The number of carbonyl (C=O) groups is 3. The van der Waals surface area contributed by atoms with Gasteiger partial charge in [0.2, 0.25) is 5.91 Å². The second kappa shape index (κ2) is 12.8. The highest BCUT2D eigenvalue weighted by molar-refractivity contribution is 7.80. The van der Waals surface area contributed by atoms with E-state index in [0.29, 0.717) is 18.7 Å². The van der Waals surface area contributed by atoms with Crippen LogP contribution in [0.5, 0.6) is 0 Å². The Balaban J connectivity index is 2.49. The predicted molar refractivity (Wildman–Crippen MR) is 147 cm³/mol. The van der Waals surface area contributed by atoms with Crippen molar-refractivity contribution in [2.24, 2.45) is 0 Å². The van der Waals surface area contributed by atoms with E-state index in [1.807, 2.05) is 70.2 Å². The molecule has 0 fully saturated rings. The van der Waals surface area contributed by atoms with Crippen LogP contribution in [-0.4, -0.2) is 46.7 Å². The second-order valence-corrected chi connectivity index (χ2v) is 10.3. The lowest BCUT2D eigenvalue weighted by atomic mass is 9.96. The van der Waals surface area contributed by atoms with E-state index in [4.69, 9.17) is 4.74 Å². The first kappa shape index (κ1) is 29.2. The zero-order chi connectivity index (χ0) is 27.0. The Morgan fingerprint density at radius 2 is 1.69 bits per heavy atom. The van der Waals surface area contributed by atoms with Crippen LogP contribution in [0.1, 0.15) is 62.4 Å². The molecule has 0 heterocycles. The first-order chi connectivity index (χ1) is 16.9. The van der Waals surface area contributed by atoms with Crippen LogP contribution in [0.3, 0.4) is 0 Å². The number of aryl methyl sites for hydroxylation is 3. The SMILES string of the molecule is CCCN(C(=O)C(CS)NC(=O)OC(C)(C)C)C(C(=O)Nc1ccccc1C)c1ccc(C)cc1C. The monoisotopic (exact) mass is 513 g/mol. The highest BCUT2D eigenvalue weighted by Crippen LogP contribution is 2.28. The zero-order valence-electron chi connectivity index (χ0n) is 22.3. The van der Waals surface area contributed by atoms with E-state index in [0.717, 1.165) is 22.3 Å². The zero-order valence-corrected chi connectivity index (χ0v) is 23.2. The quantitative estimate of drug-likeness (QED) is 0.394. The highest BCUT2D eigenvalue weighted by atomic mass is 32.1. The lowest BCUT2D eigenvalue weighted by Crippen LogP contribution is -2.53. The van der Waals surface area contributed by atoms with Gasteiger partial charge in [-0.15, -0.1) is 0 Å². The molecule has 2 atom stereocenters. The Hall–Kier alpha value is -3.00. The molecule has 196 valence electrons. The van der Waals surface area contributed by atoms with E-state index >= 15 is 0 Å². The average Bonchev–Trinajstić information content (AvgIpc) is 2.78. The van der Waals surface area contributed by atoms with E-state index < -0.39 is 29.7 Å². The molecule has 7 nitrogen and oxygen atoms in total. The molecule has 0 aliphatic heterocycles. The number of anilines is 1. The highest BCUT2D eigenvalue weighted by Gasteiger charge is 2.36. The third kappa shape index (κ3) is 8.01. The van der Waals surface area contributed by atoms with Crippen molar-refractivity contribution in [3.05, 3.63) is 64.7 Å². The van der Waals surface area contributed by atoms with Gasteiger partial charge in [0.05, 0.1) is 0 Å². The summed E-state index contributed by atoms with van der Waals surface area (Å²) in [6, 6.07) is 11.4. The Morgan fingerprint density at radius 1 is 1.03 bits per heavy atom. The Kier molecular flexibility index (Phi) is 10.4. The molecule has 2 aromatic carbocycles. The van der Waals surface area contributed by atoms with Crippen molar-refractivity contribution in [2.75, 3.05) is 17.6 Å². The number of alkyl carbamates (subject to hydrolysis) is 1. The number of hydrogen-bond acceptors (Lipinski definition) is 5. The van der Waals surface area contributed by atoms with Gasteiger partial charge in [-0.25, -0.2) is 4.79 Å². The minimum Gasteiger partial charge on any atom is -0.444 e. The van der Waals surface area contributed by atoms with E-state index in [1.165, 1.54) is 4.90 Å². The van der Waals surface area contributed by atoms with Gasteiger partial charge in [0, 0.05) is 18.0 Å². The lowest BCUT2D eigenvalue weighted by molar-refractivity contribution is -0.140. The van der Waals surface area contributed by atoms with Gasteiger partial charge in [-0.05, 0) is 70.7 Å². The van der Waals surface area contributed by atoms with E-state index in [-0.39, 0.29) is 11.7 Å². The van der Waals surface area contributed by atoms with Crippen LogP contribution in [0.15, 0.2) is 42.5 Å². The van der Waals surface area contributed by atoms with Crippen LogP contribution in [-0.2, 0) is 14.3 Å². The van der Waals surface area contributed by atoms with Crippen molar-refractivity contribution in [3.8, 4) is 0 Å². The Morgan fingerprint density at radius 3 is 2.25 bits per heavy atom. The van der Waals surface area contributed by atoms with Gasteiger partial charge >= 0.3 is 6.09 Å². The molecule has 2 unspecified atom stereocenters. The summed E-state index contributed by atoms with van der Waals surface area (Å²) in [5.41, 5.74) is 3.56. The normalized spacial score (nSPS) is 12.9. The standard InChI is InChI=1S/C28H39N3O4S/c1-8-15-31(26(33)23(17-36)30-27(34)35-28(5,6)7)24(21-14-13-18(2)16-20(21)4)25(32)29-22-12-10-9-11-19(22)3/h9-14,16,23-24,36H,8,15,17H2,1-7H3,(H,29,32)(H,30,34).